The minimum atomic E-state index is 0.818. The lowest BCUT2D eigenvalue weighted by atomic mass is 9.98. The second kappa shape index (κ2) is 4.46. The van der Waals surface area contributed by atoms with Gasteiger partial charge in [-0.15, -0.1) is 0 Å². The number of benzene rings is 1. The summed E-state index contributed by atoms with van der Waals surface area (Å²) >= 11 is 3.55. The van der Waals surface area contributed by atoms with E-state index in [1.165, 1.54) is 42.4 Å². The van der Waals surface area contributed by atoms with E-state index in [9.17, 15) is 0 Å². The van der Waals surface area contributed by atoms with Gasteiger partial charge in [-0.3, -0.25) is 0 Å². The van der Waals surface area contributed by atoms with Gasteiger partial charge in [0.1, 0.15) is 0 Å². The highest BCUT2D eigenvalue weighted by molar-refractivity contribution is 9.10. The van der Waals surface area contributed by atoms with E-state index < -0.39 is 0 Å². The van der Waals surface area contributed by atoms with Gasteiger partial charge in [0, 0.05) is 28.1 Å². The van der Waals surface area contributed by atoms with Gasteiger partial charge in [-0.2, -0.15) is 0 Å². The smallest absolute Gasteiger partial charge is 0.0457 e. The molecule has 2 heterocycles. The van der Waals surface area contributed by atoms with E-state index in [1.54, 1.807) is 0 Å². The summed E-state index contributed by atoms with van der Waals surface area (Å²) in [5.74, 6) is 0.818. The van der Waals surface area contributed by atoms with E-state index in [1.807, 2.05) is 0 Å². The van der Waals surface area contributed by atoms with Crippen LogP contribution in [-0.2, 0) is 6.42 Å². The van der Waals surface area contributed by atoms with Gasteiger partial charge < -0.3 is 9.88 Å². The number of fused-ring (bicyclic) bond motifs is 1. The lowest BCUT2D eigenvalue weighted by Crippen LogP contribution is -2.14. The van der Waals surface area contributed by atoms with Gasteiger partial charge in [0.05, 0.1) is 0 Å². The summed E-state index contributed by atoms with van der Waals surface area (Å²) in [6.45, 7) is 2.48. The quantitative estimate of drug-likeness (QED) is 0.899. The zero-order valence-electron chi connectivity index (χ0n) is 10.0. The number of aromatic amines is 1. The molecule has 1 atom stereocenters. The number of nitrogens with one attached hydrogen (secondary N) is 1. The van der Waals surface area contributed by atoms with Crippen LogP contribution in [0.4, 0.5) is 0 Å². The van der Waals surface area contributed by atoms with Crippen molar-refractivity contribution in [2.45, 2.75) is 12.8 Å². The minimum absolute atomic E-state index is 0.818. The molecule has 0 amide bonds. The summed E-state index contributed by atoms with van der Waals surface area (Å²) in [6, 6.07) is 6.45. The maximum atomic E-state index is 3.55. The molecule has 2 aromatic rings. The Bertz CT molecular complexity index is 532. The summed E-state index contributed by atoms with van der Waals surface area (Å²) in [5, 5.41) is 1.37. The van der Waals surface area contributed by atoms with Crippen LogP contribution in [0.1, 0.15) is 12.0 Å². The largest absolute Gasteiger partial charge is 0.361 e. The van der Waals surface area contributed by atoms with Crippen LogP contribution >= 0.6 is 15.9 Å². The van der Waals surface area contributed by atoms with E-state index in [2.05, 4.69) is 57.3 Å². The molecule has 0 aliphatic carbocycles. The second-order valence-corrected chi connectivity index (χ2v) is 6.04. The van der Waals surface area contributed by atoms with Crippen LogP contribution in [0.15, 0.2) is 28.9 Å². The van der Waals surface area contributed by atoms with Gasteiger partial charge in [0.15, 0.2) is 0 Å². The lowest BCUT2D eigenvalue weighted by molar-refractivity contribution is 0.394. The van der Waals surface area contributed by atoms with Crippen LogP contribution in [0.2, 0.25) is 0 Å². The maximum Gasteiger partial charge on any atom is 0.0457 e. The first-order chi connectivity index (χ1) is 8.22. The van der Waals surface area contributed by atoms with E-state index in [4.69, 9.17) is 0 Å². The Labute approximate surface area is 110 Å². The normalized spacial score (nSPS) is 21.4. The first-order valence-electron chi connectivity index (χ1n) is 6.16. The Morgan fingerprint density at radius 1 is 1.47 bits per heavy atom. The highest BCUT2D eigenvalue weighted by Crippen LogP contribution is 2.27. The molecule has 0 radical (unpaired) electrons. The number of likely N-dealkylation sites (tertiary alicyclic amines) is 1. The van der Waals surface area contributed by atoms with Crippen molar-refractivity contribution in [1.29, 1.82) is 0 Å². The van der Waals surface area contributed by atoms with Gasteiger partial charge in [0.25, 0.3) is 0 Å². The molecular weight excluding hydrogens is 276 g/mol. The topological polar surface area (TPSA) is 19.0 Å². The number of rotatable bonds is 2. The summed E-state index contributed by atoms with van der Waals surface area (Å²) < 4.78 is 1.16. The van der Waals surface area contributed by atoms with Gasteiger partial charge in [-0.25, -0.2) is 0 Å². The van der Waals surface area contributed by atoms with Crippen LogP contribution in [-0.4, -0.2) is 30.0 Å². The molecule has 1 unspecified atom stereocenters. The van der Waals surface area contributed by atoms with E-state index in [0.29, 0.717) is 0 Å². The molecule has 1 saturated heterocycles. The highest BCUT2D eigenvalue weighted by Gasteiger charge is 2.20. The van der Waals surface area contributed by atoms with Crippen LogP contribution in [0.3, 0.4) is 0 Å². The lowest BCUT2D eigenvalue weighted by Gasteiger charge is -2.09. The Morgan fingerprint density at radius 2 is 2.35 bits per heavy atom. The summed E-state index contributed by atoms with van der Waals surface area (Å²) in [6.07, 6.45) is 4.70. The first kappa shape index (κ1) is 11.3. The summed E-state index contributed by atoms with van der Waals surface area (Å²) in [5.41, 5.74) is 2.70. The van der Waals surface area contributed by atoms with Crippen LogP contribution < -0.4 is 0 Å². The molecule has 2 nitrogen and oxygen atoms in total. The van der Waals surface area contributed by atoms with Crippen molar-refractivity contribution in [3.8, 4) is 0 Å². The van der Waals surface area contributed by atoms with Crippen molar-refractivity contribution < 1.29 is 0 Å². The fourth-order valence-corrected chi connectivity index (χ4v) is 3.18. The van der Waals surface area contributed by atoms with Gasteiger partial charge in [0.2, 0.25) is 0 Å². The minimum Gasteiger partial charge on any atom is -0.361 e. The average molecular weight is 293 g/mol. The van der Waals surface area contributed by atoms with Crippen molar-refractivity contribution in [3.05, 3.63) is 34.4 Å². The standard InChI is InChI=1S/C14H17BrN2/c1-17-5-4-10(9-17)6-11-8-16-14-3-2-12(15)7-13(11)14/h2-3,7-8,10,16H,4-6,9H2,1H3. The Kier molecular flexibility index (Phi) is 2.97. The van der Waals surface area contributed by atoms with E-state index in [0.717, 1.165) is 10.4 Å². The number of hydrogen-bond acceptors (Lipinski definition) is 1. The van der Waals surface area contributed by atoms with Crippen LogP contribution in [0, 0.1) is 5.92 Å². The summed E-state index contributed by atoms with van der Waals surface area (Å²) in [7, 11) is 2.21. The maximum absolute atomic E-state index is 3.55. The highest BCUT2D eigenvalue weighted by atomic mass is 79.9. The molecule has 3 heteroatoms. The molecule has 1 aromatic carbocycles. The molecule has 1 aliphatic rings. The molecule has 1 fully saturated rings. The molecule has 1 aliphatic heterocycles. The molecular formula is C14H17BrN2. The monoisotopic (exact) mass is 292 g/mol. The van der Waals surface area contributed by atoms with Crippen molar-refractivity contribution in [3.63, 3.8) is 0 Å². The molecule has 90 valence electrons. The Hall–Kier alpha value is -0.800. The van der Waals surface area contributed by atoms with Crippen molar-refractivity contribution >= 4 is 26.8 Å². The second-order valence-electron chi connectivity index (χ2n) is 5.12. The molecule has 0 saturated carbocycles. The third kappa shape index (κ3) is 2.26. The molecule has 3 rings (SSSR count). The van der Waals surface area contributed by atoms with Gasteiger partial charge in [-0.05, 0) is 56.1 Å². The summed E-state index contributed by atoms with van der Waals surface area (Å²) in [4.78, 5) is 5.79. The third-order valence-electron chi connectivity index (χ3n) is 3.73. The zero-order valence-corrected chi connectivity index (χ0v) is 11.6. The number of H-pyrrole nitrogens is 1. The SMILES string of the molecule is CN1CCC(Cc2c[nH]c3ccc(Br)cc23)C1. The number of halogens is 1. The first-order valence-corrected chi connectivity index (χ1v) is 6.96. The average Bonchev–Trinajstić information content (AvgIpc) is 2.87. The van der Waals surface area contributed by atoms with Crippen molar-refractivity contribution in [2.75, 3.05) is 20.1 Å². The van der Waals surface area contributed by atoms with E-state index >= 15 is 0 Å². The molecule has 17 heavy (non-hydrogen) atoms. The molecule has 0 bridgehead atoms. The predicted molar refractivity (Wildman–Crippen MR) is 75.3 cm³/mol. The molecule has 0 spiro atoms. The fraction of sp³-hybridized carbons (Fsp3) is 0.429. The Balaban J connectivity index is 1.87. The number of aromatic nitrogens is 1. The van der Waals surface area contributed by atoms with Gasteiger partial charge >= 0.3 is 0 Å². The zero-order chi connectivity index (χ0) is 11.8. The van der Waals surface area contributed by atoms with E-state index in [-0.39, 0.29) is 0 Å². The number of hydrogen-bond donors (Lipinski definition) is 1. The predicted octanol–water partition coefficient (Wildman–Crippen LogP) is 3.42. The number of nitrogens with zero attached hydrogens (tertiary/aromatic N) is 1. The van der Waals surface area contributed by atoms with Crippen LogP contribution in [0.25, 0.3) is 10.9 Å². The van der Waals surface area contributed by atoms with Gasteiger partial charge in [-0.1, -0.05) is 15.9 Å². The van der Waals surface area contributed by atoms with Crippen molar-refractivity contribution in [1.82, 2.24) is 9.88 Å². The molecule has 1 N–H and O–H groups in total. The third-order valence-corrected chi connectivity index (χ3v) is 4.22. The molecule has 1 aromatic heterocycles. The van der Waals surface area contributed by atoms with Crippen molar-refractivity contribution in [2.24, 2.45) is 5.92 Å². The Morgan fingerprint density at radius 3 is 3.12 bits per heavy atom. The van der Waals surface area contributed by atoms with Crippen LogP contribution in [0.5, 0.6) is 0 Å². The fourth-order valence-electron chi connectivity index (χ4n) is 2.82.